The van der Waals surface area contributed by atoms with E-state index in [-0.39, 0.29) is 24.2 Å². The van der Waals surface area contributed by atoms with E-state index >= 15 is 0 Å². The summed E-state index contributed by atoms with van der Waals surface area (Å²) >= 11 is 6.74. The van der Waals surface area contributed by atoms with Crippen LogP contribution in [-0.4, -0.2) is 18.4 Å². The fraction of sp³-hybridized carbons (Fsp3) is 0.429. The van der Waals surface area contributed by atoms with E-state index in [0.717, 1.165) is 15.4 Å². The summed E-state index contributed by atoms with van der Waals surface area (Å²) in [7, 11) is 0. The van der Waals surface area contributed by atoms with Gasteiger partial charge >= 0.3 is 0 Å². The lowest BCUT2D eigenvalue weighted by molar-refractivity contribution is -0.122. The molecule has 0 aromatic heterocycles. The molecule has 0 radical (unpaired) electrons. The van der Waals surface area contributed by atoms with Crippen LogP contribution in [0, 0.1) is 11.8 Å². The van der Waals surface area contributed by atoms with Crippen molar-refractivity contribution in [2.75, 3.05) is 11.9 Å². The fourth-order valence-corrected chi connectivity index (χ4v) is 2.63. The Bertz CT molecular complexity index is 534. The summed E-state index contributed by atoms with van der Waals surface area (Å²) in [6.07, 6.45) is 1.23. The van der Waals surface area contributed by atoms with Gasteiger partial charge in [-0.3, -0.25) is 9.59 Å². The molecule has 0 unspecified atom stereocenters. The van der Waals surface area contributed by atoms with Crippen molar-refractivity contribution in [1.82, 2.24) is 5.32 Å². The third-order valence-corrected chi connectivity index (χ3v) is 4.48. The zero-order valence-electron chi connectivity index (χ0n) is 11.1. The standard InChI is InChI=1S/C14H16Br2N2O2/c1-8-6-10(8)14(20)17-5-4-13(19)18-12-7-9(15)2-3-11(12)16/h2-3,7-8,10H,4-6H2,1H3,(H,17,20)(H,18,19)/t8-,10+/m0/s1. The van der Waals surface area contributed by atoms with Crippen LogP contribution in [0.25, 0.3) is 0 Å². The highest BCUT2D eigenvalue weighted by molar-refractivity contribution is 9.11. The molecule has 0 heterocycles. The topological polar surface area (TPSA) is 58.2 Å². The number of carbonyl (C=O) groups is 2. The second-order valence-electron chi connectivity index (χ2n) is 5.03. The lowest BCUT2D eigenvalue weighted by atomic mass is 10.3. The second-order valence-corrected chi connectivity index (χ2v) is 6.80. The van der Waals surface area contributed by atoms with Gasteiger partial charge in [0.25, 0.3) is 0 Å². The van der Waals surface area contributed by atoms with Crippen molar-refractivity contribution in [3.63, 3.8) is 0 Å². The Morgan fingerprint density at radius 1 is 1.35 bits per heavy atom. The first-order valence-electron chi connectivity index (χ1n) is 6.50. The molecule has 2 N–H and O–H groups in total. The lowest BCUT2D eigenvalue weighted by Gasteiger charge is -2.08. The number of halogens is 2. The fourth-order valence-electron chi connectivity index (χ4n) is 1.92. The van der Waals surface area contributed by atoms with Crippen molar-refractivity contribution in [3.05, 3.63) is 27.1 Å². The maximum atomic E-state index is 11.8. The van der Waals surface area contributed by atoms with Crippen LogP contribution in [0.3, 0.4) is 0 Å². The molecule has 0 aliphatic heterocycles. The molecule has 1 aliphatic carbocycles. The average molecular weight is 404 g/mol. The minimum Gasteiger partial charge on any atom is -0.355 e. The molecule has 6 heteroatoms. The first kappa shape index (κ1) is 15.5. The molecule has 1 aromatic carbocycles. The van der Waals surface area contributed by atoms with Crippen molar-refractivity contribution in [2.24, 2.45) is 11.8 Å². The van der Waals surface area contributed by atoms with Gasteiger partial charge in [-0.15, -0.1) is 0 Å². The first-order valence-corrected chi connectivity index (χ1v) is 8.08. The summed E-state index contributed by atoms with van der Waals surface area (Å²) in [6.45, 7) is 2.43. The Morgan fingerprint density at radius 3 is 2.70 bits per heavy atom. The Morgan fingerprint density at radius 2 is 2.05 bits per heavy atom. The van der Waals surface area contributed by atoms with Crippen LogP contribution in [0.1, 0.15) is 19.8 Å². The van der Waals surface area contributed by atoms with Gasteiger partial charge in [0.1, 0.15) is 0 Å². The summed E-state index contributed by atoms with van der Waals surface area (Å²) in [5.41, 5.74) is 0.714. The molecule has 2 rings (SSSR count). The van der Waals surface area contributed by atoms with Gasteiger partial charge in [-0.05, 0) is 46.5 Å². The first-order chi connectivity index (χ1) is 9.47. The number of amides is 2. The van der Waals surface area contributed by atoms with E-state index in [9.17, 15) is 9.59 Å². The third kappa shape index (κ3) is 4.31. The number of hydrogen-bond donors (Lipinski definition) is 2. The van der Waals surface area contributed by atoms with Crippen molar-refractivity contribution in [2.45, 2.75) is 19.8 Å². The number of hydrogen-bond acceptors (Lipinski definition) is 2. The molecule has 108 valence electrons. The van der Waals surface area contributed by atoms with Crippen molar-refractivity contribution in [1.29, 1.82) is 0 Å². The summed E-state index contributed by atoms with van der Waals surface area (Å²) in [5, 5.41) is 5.61. The molecule has 0 bridgehead atoms. The normalized spacial score (nSPS) is 20.4. The molecule has 2 atom stereocenters. The zero-order chi connectivity index (χ0) is 14.7. The van der Waals surface area contributed by atoms with E-state index in [4.69, 9.17) is 0 Å². The SMILES string of the molecule is C[C@H]1C[C@H]1C(=O)NCCC(=O)Nc1cc(Br)ccc1Br. The summed E-state index contributed by atoms with van der Waals surface area (Å²) in [4.78, 5) is 23.4. The van der Waals surface area contributed by atoms with Gasteiger partial charge < -0.3 is 10.6 Å². The predicted octanol–water partition coefficient (Wildman–Crippen LogP) is 3.31. The van der Waals surface area contributed by atoms with Gasteiger partial charge in [0.15, 0.2) is 0 Å². The number of benzene rings is 1. The van der Waals surface area contributed by atoms with Gasteiger partial charge in [0.05, 0.1) is 5.69 Å². The van der Waals surface area contributed by atoms with Gasteiger partial charge in [-0.1, -0.05) is 22.9 Å². The van der Waals surface area contributed by atoms with Gasteiger partial charge in [0, 0.05) is 27.8 Å². The highest BCUT2D eigenvalue weighted by atomic mass is 79.9. The van der Waals surface area contributed by atoms with Crippen molar-refractivity contribution < 1.29 is 9.59 Å². The quantitative estimate of drug-likeness (QED) is 0.792. The van der Waals surface area contributed by atoms with Crippen LogP contribution in [0.5, 0.6) is 0 Å². The van der Waals surface area contributed by atoms with Crippen LogP contribution in [0.4, 0.5) is 5.69 Å². The number of carbonyl (C=O) groups excluding carboxylic acids is 2. The Labute approximate surface area is 135 Å². The summed E-state index contributed by atoms with van der Waals surface area (Å²) in [5.74, 6) is 0.584. The summed E-state index contributed by atoms with van der Waals surface area (Å²) < 4.78 is 1.72. The molecule has 0 saturated heterocycles. The average Bonchev–Trinajstić information content (AvgIpc) is 3.11. The van der Waals surface area contributed by atoms with Gasteiger partial charge in [0.2, 0.25) is 11.8 Å². The molecular weight excluding hydrogens is 388 g/mol. The van der Waals surface area contributed by atoms with E-state index in [0.29, 0.717) is 18.2 Å². The largest absolute Gasteiger partial charge is 0.355 e. The second kappa shape index (κ2) is 6.72. The molecule has 4 nitrogen and oxygen atoms in total. The maximum Gasteiger partial charge on any atom is 0.226 e. The Kier molecular flexibility index (Phi) is 5.21. The van der Waals surface area contributed by atoms with Crippen LogP contribution < -0.4 is 10.6 Å². The van der Waals surface area contributed by atoms with Crippen molar-refractivity contribution >= 4 is 49.4 Å². The monoisotopic (exact) mass is 402 g/mol. The Balaban J connectivity index is 1.75. The van der Waals surface area contributed by atoms with E-state index < -0.39 is 0 Å². The molecular formula is C14H16Br2N2O2. The molecule has 1 saturated carbocycles. The molecule has 0 spiro atoms. The van der Waals surface area contributed by atoms with Crippen LogP contribution in [-0.2, 0) is 9.59 Å². The highest BCUT2D eigenvalue weighted by Crippen LogP contribution is 2.37. The number of rotatable bonds is 5. The van der Waals surface area contributed by atoms with Crippen LogP contribution in [0.2, 0.25) is 0 Å². The van der Waals surface area contributed by atoms with Gasteiger partial charge in [-0.2, -0.15) is 0 Å². The van der Waals surface area contributed by atoms with Crippen LogP contribution in [0.15, 0.2) is 27.1 Å². The molecule has 1 aromatic rings. The third-order valence-electron chi connectivity index (χ3n) is 3.30. The zero-order valence-corrected chi connectivity index (χ0v) is 14.3. The molecule has 1 aliphatic rings. The van der Waals surface area contributed by atoms with E-state index in [2.05, 4.69) is 49.4 Å². The smallest absolute Gasteiger partial charge is 0.226 e. The minimum absolute atomic E-state index is 0.0638. The van der Waals surface area contributed by atoms with E-state index in [1.54, 1.807) is 0 Å². The van der Waals surface area contributed by atoms with Gasteiger partial charge in [-0.25, -0.2) is 0 Å². The van der Waals surface area contributed by atoms with E-state index in [1.165, 1.54) is 0 Å². The lowest BCUT2D eigenvalue weighted by Crippen LogP contribution is -2.29. The Hall–Kier alpha value is -0.880. The minimum atomic E-state index is -0.118. The van der Waals surface area contributed by atoms with E-state index in [1.807, 2.05) is 18.2 Å². The maximum absolute atomic E-state index is 11.8. The molecule has 2 amide bonds. The predicted molar refractivity (Wildman–Crippen MR) is 85.4 cm³/mol. The van der Waals surface area contributed by atoms with Crippen molar-refractivity contribution in [3.8, 4) is 0 Å². The highest BCUT2D eigenvalue weighted by Gasteiger charge is 2.38. The number of nitrogens with one attached hydrogen (secondary N) is 2. The molecule has 20 heavy (non-hydrogen) atoms. The molecule has 1 fully saturated rings. The number of anilines is 1. The summed E-state index contributed by atoms with van der Waals surface area (Å²) in [6, 6.07) is 5.57. The van der Waals surface area contributed by atoms with Crippen LogP contribution >= 0.6 is 31.9 Å².